The monoisotopic (exact) mass is 385 g/mol. The van der Waals surface area contributed by atoms with E-state index in [2.05, 4.69) is 10.6 Å². The largest absolute Gasteiger partial charge is 0.494 e. The highest BCUT2D eigenvalue weighted by molar-refractivity contribution is 5.97. The Kier molecular flexibility index (Phi) is 8.30. The van der Waals surface area contributed by atoms with Gasteiger partial charge in [0.1, 0.15) is 11.5 Å². The molecule has 2 aromatic rings. The van der Waals surface area contributed by atoms with E-state index in [1.807, 2.05) is 25.9 Å². The minimum Gasteiger partial charge on any atom is -0.494 e. The lowest BCUT2D eigenvalue weighted by Gasteiger charge is -2.11. The summed E-state index contributed by atoms with van der Waals surface area (Å²) in [6.45, 7) is 3.68. The van der Waals surface area contributed by atoms with Gasteiger partial charge in [0.2, 0.25) is 0 Å². The van der Waals surface area contributed by atoms with E-state index in [4.69, 9.17) is 9.47 Å². The van der Waals surface area contributed by atoms with Gasteiger partial charge in [-0.1, -0.05) is 6.07 Å². The number of hydrogen-bond donors (Lipinski definition) is 2. The molecule has 0 aliphatic rings. The fourth-order valence-corrected chi connectivity index (χ4v) is 2.38. The van der Waals surface area contributed by atoms with Crippen molar-refractivity contribution in [3.05, 3.63) is 54.1 Å². The number of carbonyl (C=O) groups is 2. The second-order valence-corrected chi connectivity index (χ2v) is 6.38. The number of amides is 2. The Hall–Kier alpha value is -3.06. The summed E-state index contributed by atoms with van der Waals surface area (Å²) in [7, 11) is 3.88. The third-order valence-electron chi connectivity index (χ3n) is 3.76. The summed E-state index contributed by atoms with van der Waals surface area (Å²) >= 11 is 0. The van der Waals surface area contributed by atoms with Gasteiger partial charge in [-0.2, -0.15) is 0 Å². The zero-order valence-electron chi connectivity index (χ0n) is 16.5. The first-order chi connectivity index (χ1) is 13.5. The summed E-state index contributed by atoms with van der Waals surface area (Å²) in [6, 6.07) is 13.9. The van der Waals surface area contributed by atoms with Crippen LogP contribution in [0.1, 0.15) is 17.3 Å². The molecule has 2 rings (SSSR count). The Morgan fingerprint density at radius 2 is 1.68 bits per heavy atom. The van der Waals surface area contributed by atoms with Gasteiger partial charge in [0.05, 0.1) is 6.61 Å². The molecule has 0 bridgehead atoms. The molecule has 28 heavy (non-hydrogen) atoms. The van der Waals surface area contributed by atoms with Gasteiger partial charge in [0.15, 0.2) is 6.61 Å². The summed E-state index contributed by atoms with van der Waals surface area (Å²) in [5.74, 6) is 0.843. The van der Waals surface area contributed by atoms with Gasteiger partial charge >= 0.3 is 0 Å². The van der Waals surface area contributed by atoms with Gasteiger partial charge in [0, 0.05) is 24.3 Å². The van der Waals surface area contributed by atoms with Crippen LogP contribution in [-0.2, 0) is 4.79 Å². The highest BCUT2D eigenvalue weighted by atomic mass is 16.5. The zero-order chi connectivity index (χ0) is 20.4. The lowest BCUT2D eigenvalue weighted by atomic mass is 10.2. The molecule has 0 saturated carbocycles. The number of anilines is 1. The molecule has 0 saturated heterocycles. The van der Waals surface area contributed by atoms with E-state index in [-0.39, 0.29) is 18.4 Å². The quantitative estimate of drug-likeness (QED) is 0.657. The second-order valence-electron chi connectivity index (χ2n) is 6.38. The fraction of sp³-hybridized carbons (Fsp3) is 0.333. The minimum absolute atomic E-state index is 0.132. The van der Waals surface area contributed by atoms with Crippen molar-refractivity contribution in [2.45, 2.75) is 6.92 Å². The lowest BCUT2D eigenvalue weighted by molar-refractivity contribution is -0.118. The van der Waals surface area contributed by atoms with Crippen LogP contribution in [0.25, 0.3) is 0 Å². The van der Waals surface area contributed by atoms with Crippen molar-refractivity contribution in [1.82, 2.24) is 10.2 Å². The molecule has 2 aromatic carbocycles. The second kappa shape index (κ2) is 10.9. The van der Waals surface area contributed by atoms with Crippen LogP contribution in [0.15, 0.2) is 48.5 Å². The molecule has 2 N–H and O–H groups in total. The van der Waals surface area contributed by atoms with Gasteiger partial charge < -0.3 is 25.0 Å². The van der Waals surface area contributed by atoms with E-state index in [1.165, 1.54) is 0 Å². The summed E-state index contributed by atoms with van der Waals surface area (Å²) in [6.07, 6.45) is 0. The van der Waals surface area contributed by atoms with Gasteiger partial charge in [-0.15, -0.1) is 0 Å². The first kappa shape index (κ1) is 21.2. The number of hydrogen-bond acceptors (Lipinski definition) is 5. The van der Waals surface area contributed by atoms with Gasteiger partial charge in [0.25, 0.3) is 11.8 Å². The molecule has 0 fully saturated rings. The third kappa shape index (κ3) is 7.28. The first-order valence-corrected chi connectivity index (χ1v) is 9.16. The van der Waals surface area contributed by atoms with Gasteiger partial charge in [-0.3, -0.25) is 9.59 Å². The predicted molar refractivity (Wildman–Crippen MR) is 109 cm³/mol. The van der Waals surface area contributed by atoms with E-state index < -0.39 is 0 Å². The molecule has 7 heteroatoms. The van der Waals surface area contributed by atoms with Crippen molar-refractivity contribution >= 4 is 17.5 Å². The highest BCUT2D eigenvalue weighted by Gasteiger charge is 2.08. The molecular formula is C21H27N3O4. The zero-order valence-corrected chi connectivity index (χ0v) is 16.5. The maximum atomic E-state index is 12.2. The Morgan fingerprint density at radius 1 is 1.00 bits per heavy atom. The molecule has 0 aliphatic heterocycles. The molecular weight excluding hydrogens is 358 g/mol. The number of ether oxygens (including phenoxy) is 2. The molecule has 0 atom stereocenters. The van der Waals surface area contributed by atoms with Crippen LogP contribution in [0.3, 0.4) is 0 Å². The molecule has 2 amide bonds. The topological polar surface area (TPSA) is 79.9 Å². The maximum Gasteiger partial charge on any atom is 0.262 e. The van der Waals surface area contributed by atoms with Crippen molar-refractivity contribution in [1.29, 1.82) is 0 Å². The average molecular weight is 385 g/mol. The normalized spacial score (nSPS) is 10.4. The fourth-order valence-electron chi connectivity index (χ4n) is 2.38. The molecule has 150 valence electrons. The predicted octanol–water partition coefficient (Wildman–Crippen LogP) is 2.39. The molecule has 0 radical (unpaired) electrons. The Balaban J connectivity index is 1.83. The summed E-state index contributed by atoms with van der Waals surface area (Å²) < 4.78 is 10.8. The van der Waals surface area contributed by atoms with Crippen LogP contribution in [0.4, 0.5) is 5.69 Å². The first-order valence-electron chi connectivity index (χ1n) is 9.16. The van der Waals surface area contributed by atoms with E-state index in [1.54, 1.807) is 48.5 Å². The summed E-state index contributed by atoms with van der Waals surface area (Å²) in [5, 5.41) is 5.58. The van der Waals surface area contributed by atoms with E-state index in [0.717, 1.165) is 12.3 Å². The van der Waals surface area contributed by atoms with Crippen LogP contribution in [0, 0.1) is 0 Å². The van der Waals surface area contributed by atoms with Crippen molar-refractivity contribution < 1.29 is 19.1 Å². The summed E-state index contributed by atoms with van der Waals surface area (Å²) in [4.78, 5) is 26.3. The maximum absolute atomic E-state index is 12.2. The van der Waals surface area contributed by atoms with Gasteiger partial charge in [-0.05, 0) is 63.5 Å². The SMILES string of the molecule is CCOc1ccc(OCC(=O)Nc2cccc(C(=O)NCCN(C)C)c2)cc1. The van der Waals surface area contributed by atoms with Crippen molar-refractivity contribution in [2.75, 3.05) is 45.7 Å². The standard InChI is InChI=1S/C21H27N3O4/c1-4-27-18-8-10-19(11-9-18)28-15-20(25)23-17-7-5-6-16(14-17)21(26)22-12-13-24(2)3/h5-11,14H,4,12-13,15H2,1-3H3,(H,22,26)(H,23,25). The number of carbonyl (C=O) groups excluding carboxylic acids is 2. The van der Waals surface area contributed by atoms with Gasteiger partial charge in [-0.25, -0.2) is 0 Å². The molecule has 0 heterocycles. The van der Waals surface area contributed by atoms with Crippen LogP contribution in [0.5, 0.6) is 11.5 Å². The molecule has 7 nitrogen and oxygen atoms in total. The number of rotatable bonds is 10. The highest BCUT2D eigenvalue weighted by Crippen LogP contribution is 2.17. The van der Waals surface area contributed by atoms with Crippen LogP contribution in [0.2, 0.25) is 0 Å². The average Bonchev–Trinajstić information content (AvgIpc) is 2.67. The Labute approximate surface area is 165 Å². The van der Waals surface area contributed by atoms with Crippen molar-refractivity contribution in [3.63, 3.8) is 0 Å². The number of likely N-dealkylation sites (N-methyl/N-ethyl adjacent to an activating group) is 1. The Morgan fingerprint density at radius 3 is 2.32 bits per heavy atom. The van der Waals surface area contributed by atoms with Crippen LogP contribution >= 0.6 is 0 Å². The Bertz CT molecular complexity index is 775. The summed E-state index contributed by atoms with van der Waals surface area (Å²) in [5.41, 5.74) is 1.03. The van der Waals surface area contributed by atoms with Crippen molar-refractivity contribution in [2.24, 2.45) is 0 Å². The van der Waals surface area contributed by atoms with E-state index >= 15 is 0 Å². The minimum atomic E-state index is -0.306. The number of benzene rings is 2. The molecule has 0 aromatic heterocycles. The number of nitrogens with zero attached hydrogens (tertiary/aromatic N) is 1. The lowest BCUT2D eigenvalue weighted by Crippen LogP contribution is -2.31. The molecule has 0 spiro atoms. The number of nitrogens with one attached hydrogen (secondary N) is 2. The van der Waals surface area contributed by atoms with E-state index in [0.29, 0.717) is 30.2 Å². The smallest absolute Gasteiger partial charge is 0.262 e. The third-order valence-corrected chi connectivity index (χ3v) is 3.76. The van der Waals surface area contributed by atoms with E-state index in [9.17, 15) is 9.59 Å². The molecule has 0 unspecified atom stereocenters. The van der Waals surface area contributed by atoms with Crippen LogP contribution < -0.4 is 20.1 Å². The van der Waals surface area contributed by atoms with Crippen molar-refractivity contribution in [3.8, 4) is 11.5 Å². The molecule has 0 aliphatic carbocycles. The van der Waals surface area contributed by atoms with Crippen LogP contribution in [-0.4, -0.2) is 57.1 Å².